The summed E-state index contributed by atoms with van der Waals surface area (Å²) in [5.74, 6) is -3.27. The SMILES string of the molecule is CCNc1ccc(S(=O)(=O)C(F)F)cc1NC(=O)CCC1CCNCC1.Cl. The highest BCUT2D eigenvalue weighted by Crippen LogP contribution is 2.28. The molecule has 27 heavy (non-hydrogen) atoms. The van der Waals surface area contributed by atoms with E-state index in [0.29, 0.717) is 24.6 Å². The summed E-state index contributed by atoms with van der Waals surface area (Å²) in [6.07, 6.45) is 3.11. The number of sulfone groups is 1. The zero-order chi connectivity index (χ0) is 19.2. The first-order valence-corrected chi connectivity index (χ1v) is 10.3. The second-order valence-corrected chi connectivity index (χ2v) is 8.24. The van der Waals surface area contributed by atoms with Crippen molar-refractivity contribution in [1.82, 2.24) is 5.32 Å². The predicted molar refractivity (Wildman–Crippen MR) is 105 cm³/mol. The summed E-state index contributed by atoms with van der Waals surface area (Å²) < 4.78 is 48.9. The summed E-state index contributed by atoms with van der Waals surface area (Å²) in [5.41, 5.74) is 0.694. The van der Waals surface area contributed by atoms with Crippen molar-refractivity contribution in [2.75, 3.05) is 30.3 Å². The third-order valence-electron chi connectivity index (χ3n) is 4.43. The number of hydrogen-bond donors (Lipinski definition) is 3. The number of benzene rings is 1. The Morgan fingerprint density at radius 1 is 1.26 bits per heavy atom. The minimum Gasteiger partial charge on any atom is -0.384 e. The van der Waals surface area contributed by atoms with Crippen LogP contribution < -0.4 is 16.0 Å². The summed E-state index contributed by atoms with van der Waals surface area (Å²) in [6.45, 7) is 4.28. The molecule has 3 N–H and O–H groups in total. The minimum atomic E-state index is -4.72. The zero-order valence-electron chi connectivity index (χ0n) is 15.1. The van der Waals surface area contributed by atoms with E-state index in [2.05, 4.69) is 16.0 Å². The van der Waals surface area contributed by atoms with Crippen LogP contribution in [-0.4, -0.2) is 39.7 Å². The van der Waals surface area contributed by atoms with Gasteiger partial charge in [0.15, 0.2) is 0 Å². The number of amides is 1. The number of anilines is 2. The number of carbonyl (C=O) groups excluding carboxylic acids is 1. The number of hydrogen-bond acceptors (Lipinski definition) is 5. The molecule has 2 rings (SSSR count). The molecule has 0 bridgehead atoms. The molecule has 0 saturated carbocycles. The Labute approximate surface area is 164 Å². The van der Waals surface area contributed by atoms with E-state index in [1.165, 1.54) is 6.07 Å². The highest BCUT2D eigenvalue weighted by Gasteiger charge is 2.27. The third kappa shape index (κ3) is 6.58. The van der Waals surface area contributed by atoms with E-state index in [1.54, 1.807) is 0 Å². The van der Waals surface area contributed by atoms with Gasteiger partial charge >= 0.3 is 5.76 Å². The van der Waals surface area contributed by atoms with Crippen molar-refractivity contribution >= 4 is 39.5 Å². The lowest BCUT2D eigenvalue weighted by molar-refractivity contribution is -0.116. The van der Waals surface area contributed by atoms with Gasteiger partial charge < -0.3 is 16.0 Å². The van der Waals surface area contributed by atoms with E-state index >= 15 is 0 Å². The van der Waals surface area contributed by atoms with Gasteiger partial charge in [0.25, 0.3) is 0 Å². The maximum absolute atomic E-state index is 12.8. The Hall–Kier alpha value is -1.45. The molecule has 6 nitrogen and oxygen atoms in total. The van der Waals surface area contributed by atoms with Crippen LogP contribution in [0.2, 0.25) is 0 Å². The van der Waals surface area contributed by atoms with Crippen molar-refractivity contribution in [3.63, 3.8) is 0 Å². The molecule has 1 amide bonds. The van der Waals surface area contributed by atoms with Gasteiger partial charge in [0.1, 0.15) is 0 Å². The maximum Gasteiger partial charge on any atom is 0.341 e. The molecule has 1 aliphatic heterocycles. The summed E-state index contributed by atoms with van der Waals surface area (Å²) in [7, 11) is -4.72. The van der Waals surface area contributed by atoms with E-state index in [-0.39, 0.29) is 24.0 Å². The number of halogens is 3. The second-order valence-electron chi connectivity index (χ2n) is 6.32. The van der Waals surface area contributed by atoms with Crippen LogP contribution in [-0.2, 0) is 14.6 Å². The molecule has 0 aliphatic carbocycles. The van der Waals surface area contributed by atoms with Gasteiger partial charge in [-0.05, 0) is 63.4 Å². The Bertz CT molecular complexity index is 726. The Morgan fingerprint density at radius 3 is 2.52 bits per heavy atom. The molecule has 0 spiro atoms. The second kappa shape index (κ2) is 10.8. The average Bonchev–Trinajstić information content (AvgIpc) is 2.62. The van der Waals surface area contributed by atoms with Gasteiger partial charge in [-0.15, -0.1) is 12.4 Å². The van der Waals surface area contributed by atoms with Crippen molar-refractivity contribution in [3.05, 3.63) is 18.2 Å². The Balaban J connectivity index is 0.00000364. The fourth-order valence-corrected chi connectivity index (χ4v) is 3.72. The number of piperidine rings is 1. The number of nitrogens with one attached hydrogen (secondary N) is 3. The summed E-state index contributed by atoms with van der Waals surface area (Å²) in [6, 6.07) is 3.59. The van der Waals surface area contributed by atoms with Crippen LogP contribution in [0.5, 0.6) is 0 Å². The first-order chi connectivity index (χ1) is 12.3. The van der Waals surface area contributed by atoms with Gasteiger partial charge in [-0.3, -0.25) is 4.79 Å². The van der Waals surface area contributed by atoms with Crippen LogP contribution in [0.3, 0.4) is 0 Å². The maximum atomic E-state index is 12.8. The van der Waals surface area contributed by atoms with Crippen molar-refractivity contribution in [3.8, 4) is 0 Å². The Kier molecular flexibility index (Phi) is 9.41. The molecular weight excluding hydrogens is 400 g/mol. The molecule has 1 aromatic carbocycles. The van der Waals surface area contributed by atoms with Crippen LogP contribution >= 0.6 is 12.4 Å². The number of carbonyl (C=O) groups is 1. The molecule has 10 heteroatoms. The van der Waals surface area contributed by atoms with Crippen molar-refractivity contribution in [2.45, 2.75) is 43.3 Å². The van der Waals surface area contributed by atoms with E-state index in [4.69, 9.17) is 0 Å². The van der Waals surface area contributed by atoms with Crippen LogP contribution in [0.25, 0.3) is 0 Å². The van der Waals surface area contributed by atoms with Crippen LogP contribution in [0.4, 0.5) is 20.2 Å². The molecule has 1 aromatic rings. The lowest BCUT2D eigenvalue weighted by atomic mass is 9.93. The highest BCUT2D eigenvalue weighted by atomic mass is 35.5. The van der Waals surface area contributed by atoms with Gasteiger partial charge in [0, 0.05) is 13.0 Å². The molecule has 1 saturated heterocycles. The fourth-order valence-electron chi connectivity index (χ4n) is 2.97. The highest BCUT2D eigenvalue weighted by molar-refractivity contribution is 7.91. The van der Waals surface area contributed by atoms with Gasteiger partial charge in [0.05, 0.1) is 16.3 Å². The molecule has 154 valence electrons. The molecular formula is C17H26ClF2N3O3S. The van der Waals surface area contributed by atoms with E-state index in [9.17, 15) is 22.0 Å². The zero-order valence-corrected chi connectivity index (χ0v) is 16.8. The first kappa shape index (κ1) is 23.6. The third-order valence-corrected chi connectivity index (χ3v) is 5.81. The summed E-state index contributed by atoms with van der Waals surface area (Å²) in [4.78, 5) is 11.7. The van der Waals surface area contributed by atoms with Gasteiger partial charge in [-0.25, -0.2) is 8.42 Å². The van der Waals surface area contributed by atoms with Crippen LogP contribution in [0, 0.1) is 5.92 Å². The largest absolute Gasteiger partial charge is 0.384 e. The predicted octanol–water partition coefficient (Wildman–Crippen LogP) is 3.25. The summed E-state index contributed by atoms with van der Waals surface area (Å²) >= 11 is 0. The molecule has 0 aromatic heterocycles. The van der Waals surface area contributed by atoms with Crippen LogP contribution in [0.15, 0.2) is 23.1 Å². The van der Waals surface area contributed by atoms with Gasteiger partial charge in [-0.1, -0.05) is 0 Å². The average molecular weight is 426 g/mol. The normalized spacial score (nSPS) is 15.3. The van der Waals surface area contributed by atoms with Crippen molar-refractivity contribution < 1.29 is 22.0 Å². The topological polar surface area (TPSA) is 87.3 Å². The van der Waals surface area contributed by atoms with Crippen molar-refractivity contribution in [2.24, 2.45) is 5.92 Å². The van der Waals surface area contributed by atoms with Gasteiger partial charge in [0.2, 0.25) is 15.7 Å². The van der Waals surface area contributed by atoms with E-state index in [0.717, 1.165) is 44.5 Å². The molecule has 0 radical (unpaired) electrons. The quantitative estimate of drug-likeness (QED) is 0.595. The van der Waals surface area contributed by atoms with Crippen molar-refractivity contribution in [1.29, 1.82) is 0 Å². The van der Waals surface area contributed by atoms with E-state index in [1.807, 2.05) is 6.92 Å². The molecule has 0 atom stereocenters. The molecule has 1 heterocycles. The first-order valence-electron chi connectivity index (χ1n) is 8.75. The standard InChI is InChI=1S/C17H25F2N3O3S.ClH/c1-2-21-14-5-4-13(26(24,25)17(18)19)11-15(14)22-16(23)6-3-12-7-9-20-10-8-12;/h4-5,11-12,17,20-21H,2-3,6-10H2,1H3,(H,22,23);1H. The molecule has 1 aliphatic rings. The number of alkyl halides is 2. The fraction of sp³-hybridized carbons (Fsp3) is 0.588. The van der Waals surface area contributed by atoms with E-state index < -0.39 is 20.5 Å². The number of rotatable bonds is 8. The smallest absolute Gasteiger partial charge is 0.341 e. The molecule has 0 unspecified atom stereocenters. The minimum absolute atomic E-state index is 0. The lowest BCUT2D eigenvalue weighted by Gasteiger charge is -2.22. The lowest BCUT2D eigenvalue weighted by Crippen LogP contribution is -2.28. The molecule has 1 fully saturated rings. The Morgan fingerprint density at radius 2 is 1.93 bits per heavy atom. The summed E-state index contributed by atoms with van der Waals surface area (Å²) in [5, 5.41) is 8.92. The van der Waals surface area contributed by atoms with Crippen LogP contribution in [0.1, 0.15) is 32.6 Å². The van der Waals surface area contributed by atoms with Gasteiger partial charge in [-0.2, -0.15) is 8.78 Å². The monoisotopic (exact) mass is 425 g/mol.